The molecule has 16 heavy (non-hydrogen) atoms. The van der Waals surface area contributed by atoms with Gasteiger partial charge in [0.1, 0.15) is 0 Å². The summed E-state index contributed by atoms with van der Waals surface area (Å²) in [5.41, 5.74) is 7.33. The third kappa shape index (κ3) is 2.25. The van der Waals surface area contributed by atoms with Crippen LogP contribution in [0.2, 0.25) is 5.02 Å². The molecule has 0 aliphatic carbocycles. The lowest BCUT2D eigenvalue weighted by Gasteiger charge is -2.09. The molecule has 0 unspecified atom stereocenters. The van der Waals surface area contributed by atoms with Gasteiger partial charge in [-0.1, -0.05) is 17.7 Å². The SMILES string of the molecule is Cc1ccnc(Oc2c(N)cccc2Cl)c1. The van der Waals surface area contributed by atoms with Gasteiger partial charge in [0.2, 0.25) is 5.88 Å². The number of hydrogen-bond donors (Lipinski definition) is 1. The van der Waals surface area contributed by atoms with Crippen LogP contribution in [0.5, 0.6) is 11.6 Å². The van der Waals surface area contributed by atoms with Crippen molar-refractivity contribution >= 4 is 17.3 Å². The van der Waals surface area contributed by atoms with Crippen molar-refractivity contribution < 1.29 is 4.74 Å². The van der Waals surface area contributed by atoms with Crippen LogP contribution in [0.1, 0.15) is 5.56 Å². The largest absolute Gasteiger partial charge is 0.435 e. The number of para-hydroxylation sites is 1. The van der Waals surface area contributed by atoms with Gasteiger partial charge in [0.15, 0.2) is 5.75 Å². The summed E-state index contributed by atoms with van der Waals surface area (Å²) in [5.74, 6) is 0.932. The van der Waals surface area contributed by atoms with Crippen molar-refractivity contribution in [1.82, 2.24) is 4.98 Å². The number of ether oxygens (including phenoxy) is 1. The van der Waals surface area contributed by atoms with Crippen LogP contribution in [-0.4, -0.2) is 4.98 Å². The molecular weight excluding hydrogens is 224 g/mol. The molecule has 82 valence electrons. The summed E-state index contributed by atoms with van der Waals surface area (Å²) in [4.78, 5) is 4.08. The van der Waals surface area contributed by atoms with Crippen molar-refractivity contribution in [3.05, 3.63) is 47.1 Å². The van der Waals surface area contributed by atoms with Crippen LogP contribution in [0.4, 0.5) is 5.69 Å². The predicted octanol–water partition coefficient (Wildman–Crippen LogP) is 3.42. The molecule has 0 saturated heterocycles. The molecule has 0 aliphatic heterocycles. The van der Waals surface area contributed by atoms with Crippen LogP contribution in [0.15, 0.2) is 36.5 Å². The van der Waals surface area contributed by atoms with Gasteiger partial charge in [0.25, 0.3) is 0 Å². The van der Waals surface area contributed by atoms with Crippen LogP contribution >= 0.6 is 11.6 Å². The van der Waals surface area contributed by atoms with E-state index in [0.717, 1.165) is 5.56 Å². The lowest BCUT2D eigenvalue weighted by molar-refractivity contribution is 0.465. The fourth-order valence-corrected chi connectivity index (χ4v) is 1.52. The Kier molecular flexibility index (Phi) is 2.97. The minimum Gasteiger partial charge on any atom is -0.435 e. The number of nitrogens with two attached hydrogens (primary N) is 1. The number of benzene rings is 1. The van der Waals surface area contributed by atoms with E-state index in [1.807, 2.05) is 19.1 Å². The Bertz CT molecular complexity index is 494. The molecule has 3 nitrogen and oxygen atoms in total. The summed E-state index contributed by atoms with van der Waals surface area (Å²) in [7, 11) is 0. The minimum absolute atomic E-state index is 0.447. The van der Waals surface area contributed by atoms with Gasteiger partial charge >= 0.3 is 0 Å². The van der Waals surface area contributed by atoms with Crippen LogP contribution in [0, 0.1) is 6.92 Å². The number of aryl methyl sites for hydroxylation is 1. The Hall–Kier alpha value is -1.74. The Morgan fingerprint density at radius 3 is 2.81 bits per heavy atom. The number of hydrogen-bond acceptors (Lipinski definition) is 3. The number of rotatable bonds is 2. The maximum atomic E-state index is 5.99. The molecule has 0 atom stereocenters. The van der Waals surface area contributed by atoms with Crippen molar-refractivity contribution in [1.29, 1.82) is 0 Å². The first-order chi connectivity index (χ1) is 7.66. The summed E-state index contributed by atoms with van der Waals surface area (Å²) in [6.07, 6.45) is 1.68. The van der Waals surface area contributed by atoms with Crippen molar-refractivity contribution in [2.45, 2.75) is 6.92 Å². The Balaban J connectivity index is 2.34. The van der Waals surface area contributed by atoms with Gasteiger partial charge in [-0.15, -0.1) is 0 Å². The lowest BCUT2D eigenvalue weighted by Crippen LogP contribution is -1.94. The molecule has 1 aromatic heterocycles. The smallest absolute Gasteiger partial charge is 0.219 e. The number of nitrogen functional groups attached to an aromatic ring is 1. The molecule has 1 heterocycles. The van der Waals surface area contributed by atoms with E-state index in [4.69, 9.17) is 22.1 Å². The maximum Gasteiger partial charge on any atom is 0.219 e. The number of pyridine rings is 1. The summed E-state index contributed by atoms with van der Waals surface area (Å²) in [6.45, 7) is 1.96. The zero-order valence-corrected chi connectivity index (χ0v) is 9.53. The molecule has 2 aromatic rings. The maximum absolute atomic E-state index is 5.99. The highest BCUT2D eigenvalue weighted by atomic mass is 35.5. The second-order valence-corrected chi connectivity index (χ2v) is 3.84. The van der Waals surface area contributed by atoms with Gasteiger partial charge in [0.05, 0.1) is 10.7 Å². The Morgan fingerprint density at radius 2 is 2.12 bits per heavy atom. The number of halogens is 1. The fraction of sp³-hybridized carbons (Fsp3) is 0.0833. The van der Waals surface area contributed by atoms with E-state index in [9.17, 15) is 0 Å². The Morgan fingerprint density at radius 1 is 1.31 bits per heavy atom. The predicted molar refractivity (Wildman–Crippen MR) is 64.9 cm³/mol. The quantitative estimate of drug-likeness (QED) is 0.810. The molecule has 0 bridgehead atoms. The fourth-order valence-electron chi connectivity index (χ4n) is 1.30. The van der Waals surface area contributed by atoms with Crippen LogP contribution in [0.3, 0.4) is 0 Å². The number of aromatic nitrogens is 1. The molecule has 0 fully saturated rings. The number of nitrogens with zero attached hydrogens (tertiary/aromatic N) is 1. The molecule has 2 N–H and O–H groups in total. The van der Waals surface area contributed by atoms with Crippen LogP contribution in [-0.2, 0) is 0 Å². The molecule has 0 radical (unpaired) electrons. The van der Waals surface area contributed by atoms with Crippen molar-refractivity contribution in [2.24, 2.45) is 0 Å². The molecular formula is C12H11ClN2O. The highest BCUT2D eigenvalue weighted by Crippen LogP contribution is 2.33. The summed E-state index contributed by atoms with van der Waals surface area (Å²) < 4.78 is 5.55. The molecule has 0 amide bonds. The monoisotopic (exact) mass is 234 g/mol. The topological polar surface area (TPSA) is 48.1 Å². The van der Waals surface area contributed by atoms with Crippen LogP contribution in [0.25, 0.3) is 0 Å². The normalized spacial score (nSPS) is 10.1. The van der Waals surface area contributed by atoms with E-state index < -0.39 is 0 Å². The highest BCUT2D eigenvalue weighted by Gasteiger charge is 2.07. The third-order valence-corrected chi connectivity index (χ3v) is 2.39. The molecule has 4 heteroatoms. The van der Waals surface area contributed by atoms with E-state index in [1.54, 1.807) is 24.4 Å². The van der Waals surface area contributed by atoms with Crippen LogP contribution < -0.4 is 10.5 Å². The summed E-state index contributed by atoms with van der Waals surface area (Å²) in [5, 5.41) is 0.475. The van der Waals surface area contributed by atoms with E-state index in [2.05, 4.69) is 4.98 Å². The second-order valence-electron chi connectivity index (χ2n) is 3.43. The van der Waals surface area contributed by atoms with Crippen molar-refractivity contribution in [2.75, 3.05) is 5.73 Å². The molecule has 0 spiro atoms. The lowest BCUT2D eigenvalue weighted by atomic mass is 10.3. The van der Waals surface area contributed by atoms with E-state index >= 15 is 0 Å². The van der Waals surface area contributed by atoms with Gasteiger partial charge in [0, 0.05) is 12.3 Å². The minimum atomic E-state index is 0.447. The first-order valence-electron chi connectivity index (χ1n) is 4.81. The molecule has 0 aliphatic rings. The van der Waals surface area contributed by atoms with Gasteiger partial charge in [-0.25, -0.2) is 4.98 Å². The zero-order chi connectivity index (χ0) is 11.5. The van der Waals surface area contributed by atoms with E-state index in [-0.39, 0.29) is 0 Å². The molecule has 2 rings (SSSR count). The highest BCUT2D eigenvalue weighted by molar-refractivity contribution is 6.32. The standard InChI is InChI=1S/C12H11ClN2O/c1-8-5-6-15-11(7-8)16-12-9(13)3-2-4-10(12)14/h2-7H,14H2,1H3. The van der Waals surface area contributed by atoms with Crippen molar-refractivity contribution in [3.8, 4) is 11.6 Å². The first kappa shape index (κ1) is 10.8. The van der Waals surface area contributed by atoms with Gasteiger partial charge in [-0.3, -0.25) is 0 Å². The average Bonchev–Trinajstić information content (AvgIpc) is 2.24. The average molecular weight is 235 g/mol. The third-order valence-electron chi connectivity index (χ3n) is 2.09. The Labute approximate surface area is 98.8 Å². The molecule has 1 aromatic carbocycles. The van der Waals surface area contributed by atoms with E-state index in [1.165, 1.54) is 0 Å². The van der Waals surface area contributed by atoms with Gasteiger partial charge < -0.3 is 10.5 Å². The van der Waals surface area contributed by atoms with Gasteiger partial charge in [-0.05, 0) is 30.7 Å². The molecule has 0 saturated carbocycles. The number of anilines is 1. The van der Waals surface area contributed by atoms with E-state index in [0.29, 0.717) is 22.3 Å². The second kappa shape index (κ2) is 4.41. The summed E-state index contributed by atoms with van der Waals surface area (Å²) >= 11 is 5.99. The van der Waals surface area contributed by atoms with Gasteiger partial charge in [-0.2, -0.15) is 0 Å². The summed E-state index contributed by atoms with van der Waals surface area (Å²) in [6, 6.07) is 8.94. The zero-order valence-electron chi connectivity index (χ0n) is 8.77. The first-order valence-corrected chi connectivity index (χ1v) is 5.19. The van der Waals surface area contributed by atoms with Crippen molar-refractivity contribution in [3.63, 3.8) is 0 Å².